The van der Waals surface area contributed by atoms with Gasteiger partial charge in [-0.15, -0.1) is 11.8 Å². The maximum absolute atomic E-state index is 5.81. The van der Waals surface area contributed by atoms with Crippen LogP contribution in [0, 0.1) is 6.92 Å². The number of aryl methyl sites for hydroxylation is 1. The molecule has 0 fully saturated rings. The highest BCUT2D eigenvalue weighted by molar-refractivity contribution is 8.00. The minimum atomic E-state index is 0.243. The Labute approximate surface area is 104 Å². The summed E-state index contributed by atoms with van der Waals surface area (Å²) < 4.78 is 0. The third-order valence-electron chi connectivity index (χ3n) is 2.70. The molecule has 1 aromatic rings. The lowest BCUT2D eigenvalue weighted by atomic mass is 10.1. The zero-order valence-corrected chi connectivity index (χ0v) is 11.6. The molecule has 2 atom stereocenters. The number of thioether (sulfide) groups is 1. The monoisotopic (exact) mass is 237 g/mol. The lowest BCUT2D eigenvalue weighted by Gasteiger charge is -2.13. The molecule has 0 radical (unpaired) electrons. The number of hydrogen-bond acceptors (Lipinski definition) is 2. The van der Waals surface area contributed by atoms with Gasteiger partial charge in [-0.1, -0.05) is 26.0 Å². The van der Waals surface area contributed by atoms with Crippen molar-refractivity contribution in [3.8, 4) is 0 Å². The van der Waals surface area contributed by atoms with Crippen molar-refractivity contribution in [3.63, 3.8) is 0 Å². The number of rotatable bonds is 5. The van der Waals surface area contributed by atoms with Crippen molar-refractivity contribution in [2.75, 3.05) is 0 Å². The molecule has 2 N–H and O–H groups in total. The molecule has 1 nitrogen and oxygen atoms in total. The standard InChI is InChI=1S/C14H23NS/c1-5-12(4)16-14-7-6-13(8-10(14)2)9-11(3)15/h6-8,11-12H,5,9,15H2,1-4H3. The molecule has 0 heterocycles. The first kappa shape index (κ1) is 13.6. The smallest absolute Gasteiger partial charge is 0.0104 e. The molecule has 0 saturated heterocycles. The highest BCUT2D eigenvalue weighted by Gasteiger charge is 2.06. The van der Waals surface area contributed by atoms with E-state index in [2.05, 4.69) is 45.9 Å². The molecule has 2 unspecified atom stereocenters. The molecule has 0 aliphatic rings. The van der Waals surface area contributed by atoms with Gasteiger partial charge >= 0.3 is 0 Å². The zero-order chi connectivity index (χ0) is 12.1. The predicted octanol–water partition coefficient (Wildman–Crippen LogP) is 3.78. The van der Waals surface area contributed by atoms with Crippen LogP contribution in [0.25, 0.3) is 0 Å². The molecule has 90 valence electrons. The fraction of sp³-hybridized carbons (Fsp3) is 0.571. The Kier molecular flexibility index (Phi) is 5.36. The zero-order valence-electron chi connectivity index (χ0n) is 10.8. The Hall–Kier alpha value is -0.470. The summed E-state index contributed by atoms with van der Waals surface area (Å²) in [6, 6.07) is 6.96. The van der Waals surface area contributed by atoms with Crippen molar-refractivity contribution in [2.45, 2.75) is 56.7 Å². The second-order valence-corrected chi connectivity index (χ2v) is 6.10. The van der Waals surface area contributed by atoms with Crippen LogP contribution in [-0.2, 0) is 6.42 Å². The molecule has 0 saturated carbocycles. The van der Waals surface area contributed by atoms with E-state index in [-0.39, 0.29) is 6.04 Å². The topological polar surface area (TPSA) is 26.0 Å². The van der Waals surface area contributed by atoms with Crippen molar-refractivity contribution in [1.82, 2.24) is 0 Å². The van der Waals surface area contributed by atoms with Gasteiger partial charge in [0, 0.05) is 16.2 Å². The van der Waals surface area contributed by atoms with Crippen LogP contribution in [0.3, 0.4) is 0 Å². The third-order valence-corrected chi connectivity index (χ3v) is 4.15. The molecule has 0 aromatic heterocycles. The molecule has 1 rings (SSSR count). The van der Waals surface area contributed by atoms with Crippen LogP contribution >= 0.6 is 11.8 Å². The summed E-state index contributed by atoms with van der Waals surface area (Å²) in [6.07, 6.45) is 2.18. The van der Waals surface area contributed by atoms with Gasteiger partial charge in [-0.3, -0.25) is 0 Å². The molecule has 1 aromatic carbocycles. The Morgan fingerprint density at radius 2 is 2.00 bits per heavy atom. The Balaban J connectivity index is 2.75. The fourth-order valence-corrected chi connectivity index (χ4v) is 2.63. The van der Waals surface area contributed by atoms with Gasteiger partial charge in [0.05, 0.1) is 0 Å². The first-order chi connectivity index (χ1) is 7.52. The molecular formula is C14H23NS. The van der Waals surface area contributed by atoms with Crippen molar-refractivity contribution in [3.05, 3.63) is 29.3 Å². The van der Waals surface area contributed by atoms with Crippen LogP contribution in [0.4, 0.5) is 0 Å². The summed E-state index contributed by atoms with van der Waals surface area (Å²) in [7, 11) is 0. The van der Waals surface area contributed by atoms with E-state index in [0.717, 1.165) is 6.42 Å². The highest BCUT2D eigenvalue weighted by Crippen LogP contribution is 2.28. The molecule has 0 aliphatic heterocycles. The summed E-state index contributed by atoms with van der Waals surface area (Å²) in [4.78, 5) is 1.41. The maximum atomic E-state index is 5.81. The van der Waals surface area contributed by atoms with Gasteiger partial charge in [-0.05, 0) is 43.9 Å². The third kappa shape index (κ3) is 4.18. The Morgan fingerprint density at radius 1 is 1.31 bits per heavy atom. The van der Waals surface area contributed by atoms with Crippen molar-refractivity contribution < 1.29 is 0 Å². The van der Waals surface area contributed by atoms with E-state index < -0.39 is 0 Å². The lowest BCUT2D eigenvalue weighted by Crippen LogP contribution is -2.17. The number of benzene rings is 1. The molecule has 0 spiro atoms. The second-order valence-electron chi connectivity index (χ2n) is 4.62. The van der Waals surface area contributed by atoms with Crippen LogP contribution in [0.2, 0.25) is 0 Å². The van der Waals surface area contributed by atoms with E-state index in [1.807, 2.05) is 11.8 Å². The molecule has 0 bridgehead atoms. The van der Waals surface area contributed by atoms with Crippen LogP contribution < -0.4 is 5.73 Å². The van der Waals surface area contributed by atoms with E-state index in [1.165, 1.54) is 22.4 Å². The summed E-state index contributed by atoms with van der Waals surface area (Å²) in [5.74, 6) is 0. The largest absolute Gasteiger partial charge is 0.328 e. The Bertz CT molecular complexity index is 334. The summed E-state index contributed by atoms with van der Waals surface area (Å²) in [5.41, 5.74) is 8.54. The van der Waals surface area contributed by atoms with E-state index in [1.54, 1.807) is 0 Å². The summed E-state index contributed by atoms with van der Waals surface area (Å²) >= 11 is 1.97. The SMILES string of the molecule is CCC(C)Sc1ccc(CC(C)N)cc1C. The predicted molar refractivity (Wildman–Crippen MR) is 74.1 cm³/mol. The fourth-order valence-electron chi connectivity index (χ4n) is 1.64. The van der Waals surface area contributed by atoms with E-state index in [9.17, 15) is 0 Å². The average Bonchev–Trinajstić information content (AvgIpc) is 2.21. The van der Waals surface area contributed by atoms with Crippen molar-refractivity contribution in [2.24, 2.45) is 5.73 Å². The molecule has 0 aliphatic carbocycles. The molecule has 0 amide bonds. The van der Waals surface area contributed by atoms with E-state index >= 15 is 0 Å². The molecule has 16 heavy (non-hydrogen) atoms. The normalized spacial score (nSPS) is 14.8. The summed E-state index contributed by atoms with van der Waals surface area (Å²) in [5, 5.41) is 0.693. The van der Waals surface area contributed by atoms with Gasteiger partial charge in [-0.25, -0.2) is 0 Å². The number of nitrogens with two attached hydrogens (primary N) is 1. The summed E-state index contributed by atoms with van der Waals surface area (Å²) in [6.45, 7) is 8.75. The van der Waals surface area contributed by atoms with Crippen molar-refractivity contribution in [1.29, 1.82) is 0 Å². The second kappa shape index (κ2) is 6.31. The first-order valence-electron chi connectivity index (χ1n) is 6.04. The highest BCUT2D eigenvalue weighted by atomic mass is 32.2. The van der Waals surface area contributed by atoms with Gasteiger partial charge < -0.3 is 5.73 Å². The first-order valence-corrected chi connectivity index (χ1v) is 6.92. The van der Waals surface area contributed by atoms with Gasteiger partial charge in [0.2, 0.25) is 0 Å². The van der Waals surface area contributed by atoms with Crippen LogP contribution in [0.1, 0.15) is 38.3 Å². The van der Waals surface area contributed by atoms with Crippen LogP contribution in [-0.4, -0.2) is 11.3 Å². The van der Waals surface area contributed by atoms with Gasteiger partial charge in [0.1, 0.15) is 0 Å². The Morgan fingerprint density at radius 3 is 2.50 bits per heavy atom. The molecule has 2 heteroatoms. The van der Waals surface area contributed by atoms with Gasteiger partial charge in [0.15, 0.2) is 0 Å². The van der Waals surface area contributed by atoms with E-state index in [4.69, 9.17) is 5.73 Å². The quantitative estimate of drug-likeness (QED) is 0.789. The minimum Gasteiger partial charge on any atom is -0.328 e. The van der Waals surface area contributed by atoms with Crippen LogP contribution in [0.5, 0.6) is 0 Å². The molecular weight excluding hydrogens is 214 g/mol. The van der Waals surface area contributed by atoms with Crippen LogP contribution in [0.15, 0.2) is 23.1 Å². The lowest BCUT2D eigenvalue weighted by molar-refractivity contribution is 0.737. The van der Waals surface area contributed by atoms with Gasteiger partial charge in [-0.2, -0.15) is 0 Å². The van der Waals surface area contributed by atoms with E-state index in [0.29, 0.717) is 5.25 Å². The number of hydrogen-bond donors (Lipinski definition) is 1. The minimum absolute atomic E-state index is 0.243. The van der Waals surface area contributed by atoms with Gasteiger partial charge in [0.25, 0.3) is 0 Å². The average molecular weight is 237 g/mol. The maximum Gasteiger partial charge on any atom is 0.0104 e. The van der Waals surface area contributed by atoms with Crippen molar-refractivity contribution >= 4 is 11.8 Å².